The summed E-state index contributed by atoms with van der Waals surface area (Å²) in [5, 5.41) is 13.4. The van der Waals surface area contributed by atoms with E-state index in [1.807, 2.05) is 6.07 Å². The number of fused-ring (bicyclic) bond motifs is 2. The van der Waals surface area contributed by atoms with Gasteiger partial charge in [-0.1, -0.05) is 31.2 Å². The molecule has 6 heteroatoms. The quantitative estimate of drug-likeness (QED) is 0.733. The fourth-order valence-electron chi connectivity index (χ4n) is 4.38. The van der Waals surface area contributed by atoms with Gasteiger partial charge in [0.05, 0.1) is 11.0 Å². The van der Waals surface area contributed by atoms with Crippen molar-refractivity contribution in [1.82, 2.24) is 15.1 Å². The smallest absolute Gasteiger partial charge is 0.261 e. The van der Waals surface area contributed by atoms with E-state index in [0.29, 0.717) is 13.1 Å². The molecule has 0 aliphatic carbocycles. The maximum atomic E-state index is 12.6. The van der Waals surface area contributed by atoms with Gasteiger partial charge in [-0.05, 0) is 48.6 Å². The van der Waals surface area contributed by atoms with E-state index in [-0.39, 0.29) is 5.91 Å². The summed E-state index contributed by atoms with van der Waals surface area (Å²) in [5.41, 5.74) is 4.05. The molecule has 0 saturated heterocycles. The number of nitrogens with one attached hydrogen (secondary N) is 1. The zero-order valence-corrected chi connectivity index (χ0v) is 18.0. The van der Waals surface area contributed by atoms with Gasteiger partial charge in [0, 0.05) is 44.1 Å². The molecule has 2 aliphatic heterocycles. The first kappa shape index (κ1) is 20.5. The second-order valence-electron chi connectivity index (χ2n) is 8.20. The number of thiophene rings is 1. The Morgan fingerprint density at radius 1 is 1.14 bits per heavy atom. The number of carbonyl (C=O) groups is 1. The van der Waals surface area contributed by atoms with Gasteiger partial charge in [0.15, 0.2) is 0 Å². The zero-order chi connectivity index (χ0) is 20.2. The van der Waals surface area contributed by atoms with Crippen LogP contribution in [0, 0.1) is 0 Å². The minimum Gasteiger partial charge on any atom is -0.390 e. The molecule has 29 heavy (non-hydrogen) atoms. The predicted molar refractivity (Wildman–Crippen MR) is 117 cm³/mol. The lowest BCUT2D eigenvalue weighted by molar-refractivity contribution is 0.0845. The van der Waals surface area contributed by atoms with E-state index in [2.05, 4.69) is 46.3 Å². The number of carbonyl (C=O) groups excluding carboxylic acids is 1. The highest BCUT2D eigenvalue weighted by atomic mass is 32.1. The topological polar surface area (TPSA) is 55.8 Å². The molecule has 1 aromatic carbocycles. The number of amides is 1. The van der Waals surface area contributed by atoms with Crippen molar-refractivity contribution in [3.05, 3.63) is 56.8 Å². The number of hydrogen-bond acceptors (Lipinski definition) is 5. The molecular weight excluding hydrogens is 382 g/mol. The molecule has 0 bridgehead atoms. The summed E-state index contributed by atoms with van der Waals surface area (Å²) in [4.78, 5) is 19.4. The highest BCUT2D eigenvalue weighted by Crippen LogP contribution is 2.28. The predicted octanol–water partition coefficient (Wildman–Crippen LogP) is 2.67. The molecule has 1 unspecified atom stereocenters. The Bertz CT molecular complexity index is 850. The number of hydrogen-bond donors (Lipinski definition) is 2. The highest BCUT2D eigenvalue weighted by Gasteiger charge is 2.22. The monoisotopic (exact) mass is 413 g/mol. The van der Waals surface area contributed by atoms with Gasteiger partial charge in [-0.15, -0.1) is 11.3 Å². The summed E-state index contributed by atoms with van der Waals surface area (Å²) in [6.07, 6.45) is 2.66. The van der Waals surface area contributed by atoms with E-state index in [1.165, 1.54) is 21.6 Å². The molecule has 1 aromatic heterocycles. The van der Waals surface area contributed by atoms with Crippen molar-refractivity contribution in [2.24, 2.45) is 0 Å². The Morgan fingerprint density at radius 3 is 2.72 bits per heavy atom. The van der Waals surface area contributed by atoms with Crippen LogP contribution in [-0.4, -0.2) is 59.6 Å². The van der Waals surface area contributed by atoms with Crippen LogP contribution in [0.15, 0.2) is 30.3 Å². The average molecular weight is 414 g/mol. The molecule has 2 aromatic rings. The first-order valence-electron chi connectivity index (χ1n) is 10.7. The molecule has 2 N–H and O–H groups in total. The zero-order valence-electron chi connectivity index (χ0n) is 17.2. The average Bonchev–Trinajstić information content (AvgIpc) is 3.16. The van der Waals surface area contributed by atoms with Gasteiger partial charge in [0.2, 0.25) is 0 Å². The summed E-state index contributed by atoms with van der Waals surface area (Å²) < 4.78 is 0. The molecule has 1 atom stereocenters. The third-order valence-corrected chi connectivity index (χ3v) is 7.12. The Kier molecular flexibility index (Phi) is 6.65. The maximum absolute atomic E-state index is 12.6. The Labute approximate surface area is 177 Å². The largest absolute Gasteiger partial charge is 0.390 e. The fraction of sp³-hybridized carbons (Fsp3) is 0.522. The minimum atomic E-state index is -0.557. The van der Waals surface area contributed by atoms with Crippen LogP contribution in [0.3, 0.4) is 0 Å². The second kappa shape index (κ2) is 9.39. The minimum absolute atomic E-state index is 0.0607. The Hall–Kier alpha value is -1.73. The molecule has 0 spiro atoms. The highest BCUT2D eigenvalue weighted by molar-refractivity contribution is 7.14. The van der Waals surface area contributed by atoms with Crippen molar-refractivity contribution in [2.45, 2.75) is 45.4 Å². The summed E-state index contributed by atoms with van der Waals surface area (Å²) >= 11 is 1.61. The third-order valence-electron chi connectivity index (χ3n) is 5.89. The maximum Gasteiger partial charge on any atom is 0.261 e. The second-order valence-corrected chi connectivity index (χ2v) is 9.34. The summed E-state index contributed by atoms with van der Waals surface area (Å²) in [6, 6.07) is 10.6. The van der Waals surface area contributed by atoms with Crippen molar-refractivity contribution < 1.29 is 9.90 Å². The van der Waals surface area contributed by atoms with E-state index >= 15 is 0 Å². The number of β-amino-alcohol motifs (C(OH)–C–C–N with tert-alkyl or cyclic N) is 1. The third kappa shape index (κ3) is 5.07. The van der Waals surface area contributed by atoms with Gasteiger partial charge in [-0.2, -0.15) is 0 Å². The first-order valence-corrected chi connectivity index (χ1v) is 11.5. The Balaban J connectivity index is 1.26. The standard InChI is InChI=1S/C23H31N3O2S/c1-2-9-25-11-8-21-19(15-25)12-22(29-21)23(28)24-13-20(27)16-26-10-7-17-5-3-4-6-18(17)14-26/h3-6,12,20,27H,2,7-11,13-16H2,1H3,(H,24,28). The Morgan fingerprint density at radius 2 is 1.90 bits per heavy atom. The lowest BCUT2D eigenvalue weighted by atomic mass is 10.00. The number of nitrogens with zero attached hydrogens (tertiary/aromatic N) is 2. The van der Waals surface area contributed by atoms with Gasteiger partial charge < -0.3 is 10.4 Å². The number of rotatable bonds is 7. The van der Waals surface area contributed by atoms with Gasteiger partial charge in [-0.3, -0.25) is 14.6 Å². The molecule has 156 valence electrons. The van der Waals surface area contributed by atoms with Crippen LogP contribution in [0.25, 0.3) is 0 Å². The van der Waals surface area contributed by atoms with Crippen LogP contribution < -0.4 is 5.32 Å². The van der Waals surface area contributed by atoms with Gasteiger partial charge in [-0.25, -0.2) is 0 Å². The molecule has 2 aliphatic rings. The summed E-state index contributed by atoms with van der Waals surface area (Å²) in [5.74, 6) is -0.0607. The van der Waals surface area contributed by atoms with Crippen molar-refractivity contribution in [3.8, 4) is 0 Å². The van der Waals surface area contributed by atoms with E-state index in [0.717, 1.165) is 56.9 Å². The number of aliphatic hydroxyl groups is 1. The normalized spacial score (nSPS) is 18.1. The van der Waals surface area contributed by atoms with Crippen molar-refractivity contribution in [2.75, 3.05) is 32.7 Å². The van der Waals surface area contributed by atoms with Crippen LogP contribution >= 0.6 is 11.3 Å². The summed E-state index contributed by atoms with van der Waals surface area (Å²) in [6.45, 7) is 8.05. The van der Waals surface area contributed by atoms with Crippen molar-refractivity contribution in [1.29, 1.82) is 0 Å². The van der Waals surface area contributed by atoms with Crippen LogP contribution in [0.2, 0.25) is 0 Å². The molecular formula is C23H31N3O2S. The van der Waals surface area contributed by atoms with Crippen LogP contribution in [0.1, 0.15) is 44.6 Å². The molecule has 4 rings (SSSR count). The van der Waals surface area contributed by atoms with Gasteiger partial charge in [0.25, 0.3) is 5.91 Å². The van der Waals surface area contributed by atoms with E-state index in [4.69, 9.17) is 0 Å². The molecule has 0 radical (unpaired) electrons. The number of benzene rings is 1. The molecule has 0 fully saturated rings. The van der Waals surface area contributed by atoms with Crippen LogP contribution in [0.4, 0.5) is 0 Å². The molecule has 3 heterocycles. The van der Waals surface area contributed by atoms with E-state index in [9.17, 15) is 9.90 Å². The molecule has 5 nitrogen and oxygen atoms in total. The SMILES string of the molecule is CCCN1CCc2sc(C(=O)NCC(O)CN3CCc4ccccc4C3)cc2C1. The summed E-state index contributed by atoms with van der Waals surface area (Å²) in [7, 11) is 0. The molecule has 1 amide bonds. The van der Waals surface area contributed by atoms with Crippen molar-refractivity contribution in [3.63, 3.8) is 0 Å². The fourth-order valence-corrected chi connectivity index (χ4v) is 5.46. The van der Waals surface area contributed by atoms with E-state index < -0.39 is 6.10 Å². The van der Waals surface area contributed by atoms with E-state index in [1.54, 1.807) is 11.3 Å². The van der Waals surface area contributed by atoms with Gasteiger partial charge >= 0.3 is 0 Å². The first-order chi connectivity index (χ1) is 14.1. The number of aliphatic hydroxyl groups excluding tert-OH is 1. The lowest BCUT2D eigenvalue weighted by Gasteiger charge is -2.30. The van der Waals surface area contributed by atoms with Crippen LogP contribution in [0.5, 0.6) is 0 Å². The van der Waals surface area contributed by atoms with Crippen molar-refractivity contribution >= 4 is 17.2 Å². The molecule has 0 saturated carbocycles. The van der Waals surface area contributed by atoms with Crippen LogP contribution in [-0.2, 0) is 25.9 Å². The lowest BCUT2D eigenvalue weighted by Crippen LogP contribution is -2.41. The van der Waals surface area contributed by atoms with Gasteiger partial charge in [0.1, 0.15) is 0 Å².